The van der Waals surface area contributed by atoms with Crippen molar-refractivity contribution in [3.63, 3.8) is 0 Å². The van der Waals surface area contributed by atoms with Gasteiger partial charge >= 0.3 is 12.1 Å². The van der Waals surface area contributed by atoms with Crippen molar-refractivity contribution in [1.82, 2.24) is 25.3 Å². The second kappa shape index (κ2) is 39.7. The maximum Gasteiger partial charge on any atom is 0.410 e. The second-order valence-electron chi connectivity index (χ2n) is 26.2. The van der Waals surface area contributed by atoms with Crippen LogP contribution in [0.1, 0.15) is 190 Å². The summed E-state index contributed by atoms with van der Waals surface area (Å²) in [6.07, 6.45) is 2.53. The Kier molecular flexibility index (Phi) is 34.3. The summed E-state index contributed by atoms with van der Waals surface area (Å²) in [7, 11) is 6.26. The van der Waals surface area contributed by atoms with Crippen molar-refractivity contribution in [1.29, 1.82) is 0 Å². The smallest absolute Gasteiger partial charge is 0.410 e. The number of aliphatic hydroxyl groups is 1. The number of likely N-dealkylation sites (N-methyl/N-ethyl adjacent to an activating group) is 2. The number of carbonyl (C=O) groups is 10. The number of unbranched alkanes of at least 4 members (excludes halogenated alkanes) is 2. The average Bonchev–Trinajstić information content (AvgIpc) is 1.89. The van der Waals surface area contributed by atoms with Crippen LogP contribution in [-0.4, -0.2) is 156 Å². The van der Waals surface area contributed by atoms with Crippen LogP contribution in [0.5, 0.6) is 0 Å². The molecule has 1 saturated heterocycles. The zero-order chi connectivity index (χ0) is 68.2. The molecule has 21 heteroatoms. The van der Waals surface area contributed by atoms with E-state index in [1.807, 2.05) is 106 Å². The molecule has 21 nitrogen and oxygen atoms in total. The maximum atomic E-state index is 14.9. The molecule has 3 rings (SSSR count). The number of urea groups is 1. The Labute approximate surface area is 542 Å². The molecular weight excluding hydrogens is 1160 g/mol. The van der Waals surface area contributed by atoms with Crippen LogP contribution in [0.2, 0.25) is 0 Å². The van der Waals surface area contributed by atoms with Gasteiger partial charge in [0.2, 0.25) is 23.6 Å². The summed E-state index contributed by atoms with van der Waals surface area (Å²) >= 11 is 0. The first-order valence-corrected chi connectivity index (χ1v) is 33.1. The third-order valence-electron chi connectivity index (χ3n) is 18.3. The fourth-order valence-electron chi connectivity index (χ4n) is 12.5. The molecule has 1 aliphatic heterocycles. The molecule has 6 N–H and O–H groups in total. The molecule has 1 fully saturated rings. The zero-order valence-corrected chi connectivity index (χ0v) is 57.3. The van der Waals surface area contributed by atoms with Gasteiger partial charge in [-0.1, -0.05) is 131 Å². The van der Waals surface area contributed by atoms with E-state index in [4.69, 9.17) is 19.9 Å². The van der Waals surface area contributed by atoms with Crippen LogP contribution >= 0.6 is 0 Å². The lowest BCUT2D eigenvalue weighted by atomic mass is 9.83. The molecule has 1 aliphatic rings. The zero-order valence-electron chi connectivity index (χ0n) is 57.3. The lowest BCUT2D eigenvalue weighted by Gasteiger charge is -2.41. The minimum atomic E-state index is -0.955. The van der Waals surface area contributed by atoms with Gasteiger partial charge in [0.25, 0.3) is 0 Å². The number of likely N-dealkylation sites (tertiary alicyclic amines) is 1. The number of benzene rings is 2. The summed E-state index contributed by atoms with van der Waals surface area (Å²) in [6.45, 7) is 21.0. The van der Waals surface area contributed by atoms with Crippen LogP contribution in [-0.2, 0) is 59.2 Å². The van der Waals surface area contributed by atoms with Gasteiger partial charge in [0, 0.05) is 103 Å². The number of aliphatic hydroxyl groups excluding tert-OH is 1. The molecule has 0 spiro atoms. The average molecular weight is 1270 g/mol. The molecule has 2 aromatic rings. The van der Waals surface area contributed by atoms with Crippen molar-refractivity contribution in [2.45, 2.75) is 222 Å². The Morgan fingerprint density at radius 1 is 0.714 bits per heavy atom. The molecule has 12 atom stereocenters. The summed E-state index contributed by atoms with van der Waals surface area (Å²) in [5.41, 5.74) is 6.97. The second-order valence-corrected chi connectivity index (χ2v) is 26.2. The van der Waals surface area contributed by atoms with Crippen molar-refractivity contribution < 1.29 is 67.3 Å². The van der Waals surface area contributed by atoms with E-state index in [1.165, 1.54) is 19.1 Å². The van der Waals surface area contributed by atoms with Crippen LogP contribution in [0.3, 0.4) is 0 Å². The Morgan fingerprint density at radius 3 is 1.93 bits per heavy atom. The Hall–Kier alpha value is -6.58. The minimum Gasteiger partial charge on any atom is -0.445 e. The number of nitrogens with zero attached hydrogens (tertiary/aromatic N) is 3. The highest BCUT2D eigenvalue weighted by Gasteiger charge is 2.44. The number of carbonyl (C=O) groups excluding carboxylic acids is 10. The Bertz CT molecular complexity index is 2650. The normalized spacial score (nSPS) is 16.9. The van der Waals surface area contributed by atoms with Gasteiger partial charge in [-0.25, -0.2) is 9.59 Å². The highest BCUT2D eigenvalue weighted by Crippen LogP contribution is 2.33. The minimum absolute atomic E-state index is 0.0482. The van der Waals surface area contributed by atoms with E-state index < -0.39 is 72.2 Å². The summed E-state index contributed by atoms with van der Waals surface area (Å²) < 4.78 is 17.9. The van der Waals surface area contributed by atoms with Crippen molar-refractivity contribution in [3.05, 3.63) is 65.7 Å². The van der Waals surface area contributed by atoms with E-state index >= 15 is 0 Å². The van der Waals surface area contributed by atoms with Crippen LogP contribution in [0, 0.1) is 47.3 Å². The number of ether oxygens (including phenoxy) is 3. The van der Waals surface area contributed by atoms with Gasteiger partial charge in [0.05, 0.1) is 48.9 Å². The fourth-order valence-corrected chi connectivity index (χ4v) is 12.5. The molecule has 1 heterocycles. The SMILES string of the molecule is CCC(=O)CCCCCC(=O)NC(C(=O)C[C@H](CCCNC(N)=O)C(=O)Nc1ccc(COC(=O)N(C)C(C(=O)CC(C(=O)N(C)[C@@H]([C@@H](C)CC)[C@@H](CC(=O)N2CCC[C@H]2[C@H](OC)[C@@H](C)C(=O)C[C@H](C)[C@@H](O)c2ccccc2)OC)C(C)C)C(C)C)cc1)C(C)C. The standard InChI is InChI=1S/C70H111N7O14/c1-16-46(9)64(59(89-14)41-61(83)77-37-25-30-55(77)66(90-15)48(11)56(79)38-47(10)65(84)50-26-20-18-21-27-50)75(12)68(86)54(43(3)4)40-58(81)63(45(7)8)76(13)70(88)91-42-49-32-34-52(35-33-49)73-67(85)51(28-24-36-72-69(71)87)39-57(80)62(44(5)6)74-60(82)31-23-19-22-29-53(78)17-2/h18,20-21,26-27,32-35,43-48,51,54-55,59,62-66,84H,16-17,19,22-25,28-31,36-42H2,1-15H3,(H,73,85)(H,74,82)(H3,71,72,87)/t46-,47-,48-,51-,54?,55-,59+,62?,63?,64-,65+,66+/m0/s1. The number of hydrogen-bond donors (Lipinski definition) is 5. The third-order valence-corrected chi connectivity index (χ3v) is 18.3. The lowest BCUT2D eigenvalue weighted by molar-refractivity contribution is -0.149. The molecule has 0 aromatic heterocycles. The highest BCUT2D eigenvalue weighted by molar-refractivity contribution is 5.97. The number of hydrogen-bond acceptors (Lipinski definition) is 14. The van der Waals surface area contributed by atoms with E-state index in [0.717, 1.165) is 5.56 Å². The van der Waals surface area contributed by atoms with Crippen molar-refractivity contribution in [2.24, 2.45) is 53.1 Å². The topological polar surface area (TPSA) is 290 Å². The first kappa shape index (κ1) is 78.7. The molecule has 0 bridgehead atoms. The van der Waals surface area contributed by atoms with Crippen molar-refractivity contribution >= 4 is 64.6 Å². The summed E-state index contributed by atoms with van der Waals surface area (Å²) in [6, 6.07) is 12.4. The Balaban J connectivity index is 1.69. The first-order chi connectivity index (χ1) is 43.0. The maximum absolute atomic E-state index is 14.9. The van der Waals surface area contributed by atoms with E-state index in [9.17, 15) is 53.1 Å². The Morgan fingerprint density at radius 2 is 1.36 bits per heavy atom. The molecular formula is C70H111N7O14. The van der Waals surface area contributed by atoms with Gasteiger partial charge in [-0.05, 0) is 91.4 Å². The molecule has 0 aliphatic carbocycles. The quantitative estimate of drug-likeness (QED) is 0.0387. The third kappa shape index (κ3) is 24.8. The van der Waals surface area contributed by atoms with Crippen molar-refractivity contribution in [3.8, 4) is 0 Å². The number of nitrogens with one attached hydrogen (secondary N) is 3. The van der Waals surface area contributed by atoms with Crippen LogP contribution in [0.25, 0.3) is 0 Å². The number of anilines is 1. The largest absolute Gasteiger partial charge is 0.445 e. The van der Waals surface area contributed by atoms with Crippen LogP contribution < -0.4 is 21.7 Å². The summed E-state index contributed by atoms with van der Waals surface area (Å²) in [5, 5.41) is 19.3. The monoisotopic (exact) mass is 1270 g/mol. The molecule has 7 amide bonds. The molecule has 91 heavy (non-hydrogen) atoms. The van der Waals surface area contributed by atoms with E-state index in [2.05, 4.69) is 16.0 Å². The van der Waals surface area contributed by atoms with E-state index in [1.54, 1.807) is 48.2 Å². The number of Topliss-reactive ketones (excluding diaryl/α,β-unsaturated/α-hetero) is 4. The molecule has 3 unspecified atom stereocenters. The molecule has 0 radical (unpaired) electrons. The van der Waals surface area contributed by atoms with Gasteiger partial charge in [0.15, 0.2) is 11.6 Å². The van der Waals surface area contributed by atoms with Gasteiger partial charge in [-0.15, -0.1) is 0 Å². The van der Waals surface area contributed by atoms with Crippen LogP contribution in [0.4, 0.5) is 15.3 Å². The van der Waals surface area contributed by atoms with E-state index in [-0.39, 0.29) is 128 Å². The van der Waals surface area contributed by atoms with Gasteiger partial charge in [-0.2, -0.15) is 0 Å². The summed E-state index contributed by atoms with van der Waals surface area (Å²) in [5.74, 6) is -5.33. The number of nitrogens with two attached hydrogens (primary N) is 1. The van der Waals surface area contributed by atoms with Crippen molar-refractivity contribution in [2.75, 3.05) is 46.7 Å². The molecule has 510 valence electrons. The number of methoxy groups -OCH3 is 2. The summed E-state index contributed by atoms with van der Waals surface area (Å²) in [4.78, 5) is 140. The van der Waals surface area contributed by atoms with Gasteiger partial charge < -0.3 is 55.7 Å². The highest BCUT2D eigenvalue weighted by atomic mass is 16.6. The number of amides is 7. The van der Waals surface area contributed by atoms with Gasteiger partial charge in [-0.3, -0.25) is 38.4 Å². The fraction of sp³-hybridized carbons (Fsp3) is 0.686. The number of ketones is 4. The predicted octanol–water partition coefficient (Wildman–Crippen LogP) is 9.79. The number of primary amides is 1. The first-order valence-electron chi connectivity index (χ1n) is 33.1. The number of rotatable bonds is 42. The molecule has 0 saturated carbocycles. The predicted molar refractivity (Wildman–Crippen MR) is 351 cm³/mol. The van der Waals surface area contributed by atoms with E-state index in [0.29, 0.717) is 75.6 Å². The van der Waals surface area contributed by atoms with Gasteiger partial charge in [0.1, 0.15) is 18.2 Å². The molecule has 2 aromatic carbocycles. The van der Waals surface area contributed by atoms with Crippen LogP contribution in [0.15, 0.2) is 54.6 Å². The lowest BCUT2D eigenvalue weighted by Crippen LogP contribution is -2.54.